The van der Waals surface area contributed by atoms with Gasteiger partial charge in [0.25, 0.3) is 0 Å². The summed E-state index contributed by atoms with van der Waals surface area (Å²) >= 11 is 0. The van der Waals surface area contributed by atoms with Crippen LogP contribution in [-0.4, -0.2) is 20.3 Å². The van der Waals surface area contributed by atoms with E-state index in [1.165, 1.54) is 6.07 Å². The smallest absolute Gasteiger partial charge is 0.181 e. The lowest BCUT2D eigenvalue weighted by Crippen LogP contribution is -1.88. The summed E-state index contributed by atoms with van der Waals surface area (Å²) in [4.78, 5) is 4.27. The molecular formula is C10H12N4O. The lowest BCUT2D eigenvalue weighted by atomic mass is 10.2. The molecule has 0 aliphatic rings. The van der Waals surface area contributed by atoms with Gasteiger partial charge in [0.05, 0.1) is 5.69 Å². The van der Waals surface area contributed by atoms with Crippen LogP contribution in [0.4, 0.5) is 5.69 Å². The number of phenolic OH excluding ortho intramolecular Hbond substituents is 1. The van der Waals surface area contributed by atoms with Crippen LogP contribution < -0.4 is 5.73 Å². The minimum Gasteiger partial charge on any atom is -0.506 e. The number of benzene rings is 1. The van der Waals surface area contributed by atoms with E-state index in [0.29, 0.717) is 11.5 Å². The second-order valence-electron chi connectivity index (χ2n) is 3.23. The van der Waals surface area contributed by atoms with Crippen molar-refractivity contribution in [2.45, 2.75) is 13.3 Å². The predicted octanol–water partition coefficient (Wildman–Crippen LogP) is 1.32. The average Bonchev–Trinajstić information content (AvgIpc) is 2.70. The molecule has 4 N–H and O–H groups in total. The molecule has 5 nitrogen and oxygen atoms in total. The predicted molar refractivity (Wildman–Crippen MR) is 57.3 cm³/mol. The summed E-state index contributed by atoms with van der Waals surface area (Å²) < 4.78 is 0. The minimum absolute atomic E-state index is 0.0741. The Morgan fingerprint density at radius 3 is 2.87 bits per heavy atom. The number of aromatic nitrogens is 3. The SMILES string of the molecule is CCc1nc(-c2ccc(O)c(N)c2)n[nH]1. The number of rotatable bonds is 2. The molecule has 0 bridgehead atoms. The first-order chi connectivity index (χ1) is 7.20. The number of aromatic amines is 1. The summed E-state index contributed by atoms with van der Waals surface area (Å²) in [7, 11) is 0. The fourth-order valence-corrected chi connectivity index (χ4v) is 1.28. The number of H-pyrrole nitrogens is 1. The monoisotopic (exact) mass is 204 g/mol. The summed E-state index contributed by atoms with van der Waals surface area (Å²) in [6, 6.07) is 4.92. The van der Waals surface area contributed by atoms with Crippen molar-refractivity contribution in [3.8, 4) is 17.1 Å². The standard InChI is InChI=1S/C10H12N4O/c1-2-9-12-10(14-13-9)6-3-4-8(15)7(11)5-6/h3-5,15H,2,11H2,1H3,(H,12,13,14). The first-order valence-electron chi connectivity index (χ1n) is 4.71. The van der Waals surface area contributed by atoms with Gasteiger partial charge in [0.1, 0.15) is 11.6 Å². The van der Waals surface area contributed by atoms with E-state index in [-0.39, 0.29) is 5.75 Å². The zero-order valence-corrected chi connectivity index (χ0v) is 8.36. The van der Waals surface area contributed by atoms with Crippen LogP contribution in [0, 0.1) is 0 Å². The Morgan fingerprint density at radius 1 is 1.47 bits per heavy atom. The third-order valence-electron chi connectivity index (χ3n) is 2.15. The van der Waals surface area contributed by atoms with Crippen LogP contribution in [0.1, 0.15) is 12.7 Å². The second kappa shape index (κ2) is 3.61. The molecule has 0 unspecified atom stereocenters. The maximum absolute atomic E-state index is 9.27. The zero-order chi connectivity index (χ0) is 10.8. The van der Waals surface area contributed by atoms with Crippen molar-refractivity contribution in [2.24, 2.45) is 0 Å². The van der Waals surface area contributed by atoms with E-state index in [9.17, 15) is 5.11 Å². The highest BCUT2D eigenvalue weighted by molar-refractivity contribution is 5.65. The van der Waals surface area contributed by atoms with Gasteiger partial charge in [-0.1, -0.05) is 6.92 Å². The highest BCUT2D eigenvalue weighted by Crippen LogP contribution is 2.25. The molecule has 0 aliphatic heterocycles. The molecular weight excluding hydrogens is 192 g/mol. The summed E-state index contributed by atoms with van der Waals surface area (Å²) in [5, 5.41) is 16.1. The summed E-state index contributed by atoms with van der Waals surface area (Å²) in [6.07, 6.45) is 0.806. The number of anilines is 1. The van der Waals surface area contributed by atoms with Crippen molar-refractivity contribution >= 4 is 5.69 Å². The topological polar surface area (TPSA) is 87.8 Å². The number of aryl methyl sites for hydroxylation is 1. The first-order valence-corrected chi connectivity index (χ1v) is 4.71. The Bertz CT molecular complexity index is 478. The molecule has 0 spiro atoms. The molecule has 0 saturated carbocycles. The fraction of sp³-hybridized carbons (Fsp3) is 0.200. The van der Waals surface area contributed by atoms with Gasteiger partial charge in [-0.05, 0) is 18.2 Å². The molecule has 1 aromatic heterocycles. The third-order valence-corrected chi connectivity index (χ3v) is 2.15. The molecule has 2 rings (SSSR count). The number of hydrogen-bond acceptors (Lipinski definition) is 4. The quantitative estimate of drug-likeness (QED) is 0.508. The number of nitrogens with zero attached hydrogens (tertiary/aromatic N) is 2. The molecule has 1 aromatic carbocycles. The molecule has 2 aromatic rings. The van der Waals surface area contributed by atoms with E-state index >= 15 is 0 Å². The van der Waals surface area contributed by atoms with Crippen LogP contribution in [0.15, 0.2) is 18.2 Å². The maximum atomic E-state index is 9.27. The van der Waals surface area contributed by atoms with E-state index < -0.39 is 0 Å². The Hall–Kier alpha value is -2.04. The lowest BCUT2D eigenvalue weighted by Gasteiger charge is -1.99. The van der Waals surface area contributed by atoms with Crippen molar-refractivity contribution in [3.05, 3.63) is 24.0 Å². The molecule has 5 heteroatoms. The highest BCUT2D eigenvalue weighted by Gasteiger charge is 2.06. The number of nitrogen functional groups attached to an aromatic ring is 1. The normalized spacial score (nSPS) is 10.5. The Labute approximate surface area is 87.0 Å². The maximum Gasteiger partial charge on any atom is 0.181 e. The number of hydrogen-bond donors (Lipinski definition) is 3. The first kappa shape index (κ1) is 9.51. The van der Waals surface area contributed by atoms with Crippen molar-refractivity contribution in [3.63, 3.8) is 0 Å². The van der Waals surface area contributed by atoms with E-state index in [2.05, 4.69) is 15.2 Å². The Kier molecular flexibility index (Phi) is 2.29. The van der Waals surface area contributed by atoms with E-state index in [4.69, 9.17) is 5.73 Å². The van der Waals surface area contributed by atoms with Crippen molar-refractivity contribution in [1.29, 1.82) is 0 Å². The average molecular weight is 204 g/mol. The summed E-state index contributed by atoms with van der Waals surface area (Å²) in [5.74, 6) is 1.50. The summed E-state index contributed by atoms with van der Waals surface area (Å²) in [5.41, 5.74) is 6.70. The Balaban J connectivity index is 2.40. The highest BCUT2D eigenvalue weighted by atomic mass is 16.3. The van der Waals surface area contributed by atoms with Gasteiger partial charge in [-0.15, -0.1) is 0 Å². The van der Waals surface area contributed by atoms with Crippen LogP contribution in [0.2, 0.25) is 0 Å². The van der Waals surface area contributed by atoms with Crippen molar-refractivity contribution < 1.29 is 5.11 Å². The number of nitrogens with two attached hydrogens (primary N) is 1. The summed E-state index contributed by atoms with van der Waals surface area (Å²) in [6.45, 7) is 2.00. The van der Waals surface area contributed by atoms with Gasteiger partial charge >= 0.3 is 0 Å². The third kappa shape index (κ3) is 1.76. The number of aromatic hydroxyl groups is 1. The molecule has 0 radical (unpaired) electrons. The second-order valence-corrected chi connectivity index (χ2v) is 3.23. The van der Waals surface area contributed by atoms with Crippen LogP contribution in [0.5, 0.6) is 5.75 Å². The van der Waals surface area contributed by atoms with Crippen LogP contribution in [0.25, 0.3) is 11.4 Å². The van der Waals surface area contributed by atoms with Gasteiger partial charge in [0.15, 0.2) is 5.82 Å². The van der Waals surface area contributed by atoms with Gasteiger partial charge in [-0.25, -0.2) is 4.98 Å². The van der Waals surface area contributed by atoms with E-state index in [0.717, 1.165) is 17.8 Å². The van der Waals surface area contributed by atoms with Crippen LogP contribution in [-0.2, 0) is 6.42 Å². The van der Waals surface area contributed by atoms with Crippen LogP contribution >= 0.6 is 0 Å². The molecule has 15 heavy (non-hydrogen) atoms. The zero-order valence-electron chi connectivity index (χ0n) is 8.36. The van der Waals surface area contributed by atoms with Gasteiger partial charge in [0, 0.05) is 12.0 Å². The number of phenols is 1. The van der Waals surface area contributed by atoms with Gasteiger partial charge in [-0.2, -0.15) is 5.10 Å². The molecule has 0 fully saturated rings. The molecule has 0 saturated heterocycles. The molecule has 0 amide bonds. The van der Waals surface area contributed by atoms with E-state index in [1.807, 2.05) is 6.92 Å². The van der Waals surface area contributed by atoms with Crippen molar-refractivity contribution in [1.82, 2.24) is 15.2 Å². The number of nitrogens with one attached hydrogen (secondary N) is 1. The molecule has 1 heterocycles. The van der Waals surface area contributed by atoms with Crippen molar-refractivity contribution in [2.75, 3.05) is 5.73 Å². The lowest BCUT2D eigenvalue weighted by molar-refractivity contribution is 0.478. The minimum atomic E-state index is 0.0741. The van der Waals surface area contributed by atoms with Crippen LogP contribution in [0.3, 0.4) is 0 Å². The molecule has 0 atom stereocenters. The van der Waals surface area contributed by atoms with Gasteiger partial charge in [-0.3, -0.25) is 5.10 Å². The molecule has 78 valence electrons. The Morgan fingerprint density at radius 2 is 2.27 bits per heavy atom. The fourth-order valence-electron chi connectivity index (χ4n) is 1.28. The largest absolute Gasteiger partial charge is 0.506 e. The van der Waals surface area contributed by atoms with Gasteiger partial charge in [0.2, 0.25) is 0 Å². The van der Waals surface area contributed by atoms with E-state index in [1.54, 1.807) is 12.1 Å². The van der Waals surface area contributed by atoms with Gasteiger partial charge < -0.3 is 10.8 Å². The molecule has 0 aliphatic carbocycles.